The van der Waals surface area contributed by atoms with Gasteiger partial charge in [-0.3, -0.25) is 4.98 Å². The number of hydrogen-bond acceptors (Lipinski definition) is 4. The number of methoxy groups -OCH3 is 1. The van der Waals surface area contributed by atoms with Crippen LogP contribution in [0.2, 0.25) is 5.02 Å². The molecule has 0 unspecified atom stereocenters. The van der Waals surface area contributed by atoms with Crippen LogP contribution in [0.25, 0.3) is 5.82 Å². The predicted octanol–water partition coefficient (Wildman–Crippen LogP) is 3.93. The third kappa shape index (κ3) is 4.12. The van der Waals surface area contributed by atoms with E-state index in [0.717, 1.165) is 35.3 Å². The molecule has 3 aromatic rings. The van der Waals surface area contributed by atoms with Gasteiger partial charge in [-0.25, -0.2) is 4.98 Å². The standard InChI is InChI=1S/C21H22ClN5OS/c1-28-13-5-12-27-20(19(25-21(27)29)16-6-2-3-10-23-16)17-7-4-11-26(17)18-9-8-15(22)14-24-18/h2-4,6-11,14,19-20H,5,12-13H2,1H3,(H,25,29)/t19-,20-/m0/s1. The van der Waals surface area contributed by atoms with Gasteiger partial charge in [0.05, 0.1) is 22.8 Å². The average molecular weight is 428 g/mol. The second kappa shape index (κ2) is 8.90. The number of thiocarbonyl (C=S) groups is 1. The lowest BCUT2D eigenvalue weighted by molar-refractivity contribution is 0.180. The second-order valence-electron chi connectivity index (χ2n) is 6.80. The molecule has 0 amide bonds. The molecule has 0 aromatic carbocycles. The van der Waals surface area contributed by atoms with E-state index in [2.05, 4.69) is 30.8 Å². The van der Waals surface area contributed by atoms with Crippen molar-refractivity contribution in [2.75, 3.05) is 20.3 Å². The Morgan fingerprint density at radius 3 is 2.79 bits per heavy atom. The smallest absolute Gasteiger partial charge is 0.170 e. The van der Waals surface area contributed by atoms with Crippen LogP contribution < -0.4 is 5.32 Å². The minimum atomic E-state index is -0.0628. The first-order valence-electron chi connectivity index (χ1n) is 9.45. The van der Waals surface area contributed by atoms with E-state index in [1.807, 2.05) is 48.8 Å². The predicted molar refractivity (Wildman–Crippen MR) is 117 cm³/mol. The Kier molecular flexibility index (Phi) is 6.08. The highest BCUT2D eigenvalue weighted by atomic mass is 35.5. The number of rotatable bonds is 7. The fraction of sp³-hybridized carbons (Fsp3) is 0.286. The number of ether oxygens (including phenoxy) is 1. The van der Waals surface area contributed by atoms with Gasteiger partial charge in [-0.1, -0.05) is 17.7 Å². The Morgan fingerprint density at radius 1 is 1.17 bits per heavy atom. The van der Waals surface area contributed by atoms with Gasteiger partial charge in [0, 0.05) is 44.5 Å². The van der Waals surface area contributed by atoms with Crippen molar-refractivity contribution >= 4 is 28.9 Å². The molecule has 0 radical (unpaired) electrons. The molecule has 4 rings (SSSR count). The van der Waals surface area contributed by atoms with Gasteiger partial charge in [-0.2, -0.15) is 0 Å². The summed E-state index contributed by atoms with van der Waals surface area (Å²) in [6, 6.07) is 13.7. The minimum absolute atomic E-state index is 0.0262. The summed E-state index contributed by atoms with van der Waals surface area (Å²) >= 11 is 11.7. The Morgan fingerprint density at radius 2 is 2.07 bits per heavy atom. The van der Waals surface area contributed by atoms with E-state index in [4.69, 9.17) is 28.6 Å². The lowest BCUT2D eigenvalue weighted by Gasteiger charge is -2.28. The fourth-order valence-electron chi connectivity index (χ4n) is 3.70. The number of aromatic nitrogens is 3. The summed E-state index contributed by atoms with van der Waals surface area (Å²) < 4.78 is 7.33. The lowest BCUT2D eigenvalue weighted by Crippen LogP contribution is -2.32. The molecule has 8 heteroatoms. The number of nitrogens with zero attached hydrogens (tertiary/aromatic N) is 4. The maximum atomic E-state index is 6.03. The van der Waals surface area contributed by atoms with Gasteiger partial charge < -0.3 is 19.5 Å². The van der Waals surface area contributed by atoms with Crippen LogP contribution >= 0.6 is 23.8 Å². The molecule has 4 heterocycles. The van der Waals surface area contributed by atoms with Crippen LogP contribution in [0.4, 0.5) is 0 Å². The highest BCUT2D eigenvalue weighted by molar-refractivity contribution is 7.80. The van der Waals surface area contributed by atoms with Gasteiger partial charge in [0.2, 0.25) is 0 Å². The van der Waals surface area contributed by atoms with Gasteiger partial charge in [-0.15, -0.1) is 0 Å². The Hall–Kier alpha value is -2.48. The Labute approximate surface area is 180 Å². The van der Waals surface area contributed by atoms with Gasteiger partial charge in [0.25, 0.3) is 0 Å². The zero-order valence-corrected chi connectivity index (χ0v) is 17.6. The van der Waals surface area contributed by atoms with E-state index in [1.165, 1.54) is 0 Å². The van der Waals surface area contributed by atoms with Crippen LogP contribution in [0, 0.1) is 0 Å². The quantitative estimate of drug-likeness (QED) is 0.455. The van der Waals surface area contributed by atoms with Crippen molar-refractivity contribution < 1.29 is 4.74 Å². The monoisotopic (exact) mass is 427 g/mol. The minimum Gasteiger partial charge on any atom is -0.385 e. The van der Waals surface area contributed by atoms with E-state index in [-0.39, 0.29) is 12.1 Å². The topological polar surface area (TPSA) is 55.2 Å². The number of pyridine rings is 2. The van der Waals surface area contributed by atoms with E-state index in [1.54, 1.807) is 13.3 Å². The van der Waals surface area contributed by atoms with Crippen LogP contribution in [0.5, 0.6) is 0 Å². The Bertz CT molecular complexity index is 963. The molecule has 0 bridgehead atoms. The molecule has 2 atom stereocenters. The summed E-state index contributed by atoms with van der Waals surface area (Å²) in [5.41, 5.74) is 2.03. The van der Waals surface area contributed by atoms with Crippen LogP contribution in [0.3, 0.4) is 0 Å². The summed E-state index contributed by atoms with van der Waals surface area (Å²) in [7, 11) is 1.71. The van der Waals surface area contributed by atoms with E-state index >= 15 is 0 Å². The summed E-state index contributed by atoms with van der Waals surface area (Å²) in [4.78, 5) is 11.3. The molecule has 0 aliphatic carbocycles. The highest BCUT2D eigenvalue weighted by Crippen LogP contribution is 2.39. The van der Waals surface area contributed by atoms with Crippen molar-refractivity contribution in [1.29, 1.82) is 0 Å². The molecule has 1 aliphatic rings. The van der Waals surface area contributed by atoms with Gasteiger partial charge in [0.15, 0.2) is 5.11 Å². The first-order valence-corrected chi connectivity index (χ1v) is 10.2. The summed E-state index contributed by atoms with van der Waals surface area (Å²) in [6.45, 7) is 1.47. The third-order valence-electron chi connectivity index (χ3n) is 4.99. The molecule has 0 spiro atoms. The Balaban J connectivity index is 1.75. The summed E-state index contributed by atoms with van der Waals surface area (Å²) in [5.74, 6) is 0.809. The maximum absolute atomic E-state index is 6.03. The molecule has 150 valence electrons. The first kappa shape index (κ1) is 19.8. The maximum Gasteiger partial charge on any atom is 0.170 e. The van der Waals surface area contributed by atoms with Gasteiger partial charge >= 0.3 is 0 Å². The van der Waals surface area contributed by atoms with Crippen molar-refractivity contribution in [3.63, 3.8) is 0 Å². The zero-order chi connectivity index (χ0) is 20.2. The van der Waals surface area contributed by atoms with Crippen LogP contribution in [0.15, 0.2) is 61.1 Å². The van der Waals surface area contributed by atoms with Crippen LogP contribution in [0.1, 0.15) is 29.9 Å². The summed E-state index contributed by atoms with van der Waals surface area (Å²) in [6.07, 6.45) is 6.36. The summed E-state index contributed by atoms with van der Waals surface area (Å²) in [5, 5.41) is 4.80. The molecular weight excluding hydrogens is 406 g/mol. The molecule has 3 aromatic heterocycles. The van der Waals surface area contributed by atoms with E-state index in [9.17, 15) is 0 Å². The molecule has 29 heavy (non-hydrogen) atoms. The van der Waals surface area contributed by atoms with Gasteiger partial charge in [0.1, 0.15) is 5.82 Å². The van der Waals surface area contributed by atoms with E-state index in [0.29, 0.717) is 11.6 Å². The SMILES string of the molecule is COCCCN1C(=S)N[C@@H](c2ccccn2)[C@@H]1c1cccn1-c1ccc(Cl)cn1. The first-order chi connectivity index (χ1) is 14.2. The number of hydrogen-bond donors (Lipinski definition) is 1. The van der Waals surface area contributed by atoms with Gasteiger partial charge in [-0.05, 0) is 55.0 Å². The third-order valence-corrected chi connectivity index (χ3v) is 5.56. The number of nitrogens with one attached hydrogen (secondary N) is 1. The average Bonchev–Trinajstić information content (AvgIpc) is 3.34. The molecule has 1 N–H and O–H groups in total. The van der Waals surface area contributed by atoms with Crippen molar-refractivity contribution in [2.45, 2.75) is 18.5 Å². The van der Waals surface area contributed by atoms with Crippen molar-refractivity contribution in [1.82, 2.24) is 24.8 Å². The molecular formula is C21H22ClN5OS. The van der Waals surface area contributed by atoms with Crippen molar-refractivity contribution in [2.24, 2.45) is 0 Å². The highest BCUT2D eigenvalue weighted by Gasteiger charge is 2.41. The van der Waals surface area contributed by atoms with Crippen molar-refractivity contribution in [3.8, 4) is 5.82 Å². The lowest BCUT2D eigenvalue weighted by atomic mass is 10.0. The molecule has 1 saturated heterocycles. The molecule has 1 fully saturated rings. The van der Waals surface area contributed by atoms with E-state index < -0.39 is 0 Å². The number of halogens is 1. The normalized spacial score (nSPS) is 18.8. The van der Waals surface area contributed by atoms with Crippen LogP contribution in [-0.2, 0) is 4.74 Å². The second-order valence-corrected chi connectivity index (χ2v) is 7.63. The zero-order valence-electron chi connectivity index (χ0n) is 16.0. The largest absolute Gasteiger partial charge is 0.385 e. The molecule has 6 nitrogen and oxygen atoms in total. The van der Waals surface area contributed by atoms with Crippen LogP contribution in [-0.4, -0.2) is 44.8 Å². The molecule has 0 saturated carbocycles. The fourth-order valence-corrected chi connectivity index (χ4v) is 4.14. The molecule has 1 aliphatic heterocycles. The van der Waals surface area contributed by atoms with Crippen molar-refractivity contribution in [3.05, 3.63) is 77.5 Å².